The monoisotopic (exact) mass is 425 g/mol. The molecule has 2 amide bonds. The van der Waals surface area contributed by atoms with Crippen molar-refractivity contribution in [2.24, 2.45) is 0 Å². The number of phenols is 1. The Hall–Kier alpha value is -2.16. The van der Waals surface area contributed by atoms with Crippen LogP contribution in [0.3, 0.4) is 0 Å². The van der Waals surface area contributed by atoms with Gasteiger partial charge < -0.3 is 15.7 Å². The maximum Gasteiger partial charge on any atom is 0.257 e. The molecule has 23 heavy (non-hydrogen) atoms. The SMILES string of the molecule is CNC(=O)c1cc(C(=O)Nc2ncc(I)cc2C)c(C)cc1O. The highest BCUT2D eigenvalue weighted by molar-refractivity contribution is 14.1. The molecule has 2 rings (SSSR count). The largest absolute Gasteiger partial charge is 0.507 e. The first-order chi connectivity index (χ1) is 10.8. The van der Waals surface area contributed by atoms with Crippen molar-refractivity contribution in [3.63, 3.8) is 0 Å². The van der Waals surface area contributed by atoms with E-state index in [0.717, 1.165) is 9.13 Å². The van der Waals surface area contributed by atoms with E-state index in [1.165, 1.54) is 19.2 Å². The number of nitrogens with zero attached hydrogens (tertiary/aromatic N) is 1. The molecule has 6 nitrogen and oxygen atoms in total. The van der Waals surface area contributed by atoms with E-state index in [4.69, 9.17) is 0 Å². The average molecular weight is 425 g/mol. The quantitative estimate of drug-likeness (QED) is 0.660. The molecule has 0 saturated heterocycles. The number of benzene rings is 1. The van der Waals surface area contributed by atoms with Crippen LogP contribution in [0.15, 0.2) is 24.4 Å². The number of pyridine rings is 1. The number of halogens is 1. The van der Waals surface area contributed by atoms with Crippen LogP contribution in [0, 0.1) is 17.4 Å². The van der Waals surface area contributed by atoms with Gasteiger partial charge >= 0.3 is 0 Å². The van der Waals surface area contributed by atoms with E-state index in [1.807, 2.05) is 13.0 Å². The van der Waals surface area contributed by atoms with Gasteiger partial charge in [-0.2, -0.15) is 0 Å². The summed E-state index contributed by atoms with van der Waals surface area (Å²) in [6.45, 7) is 3.54. The van der Waals surface area contributed by atoms with Crippen LogP contribution in [-0.2, 0) is 0 Å². The Balaban J connectivity index is 2.37. The first-order valence-electron chi connectivity index (χ1n) is 6.82. The molecule has 0 aliphatic carbocycles. The number of amides is 2. The highest BCUT2D eigenvalue weighted by atomic mass is 127. The van der Waals surface area contributed by atoms with E-state index in [2.05, 4.69) is 38.2 Å². The number of hydrogen-bond donors (Lipinski definition) is 3. The summed E-state index contributed by atoms with van der Waals surface area (Å²) in [5.74, 6) is -0.545. The summed E-state index contributed by atoms with van der Waals surface area (Å²) in [4.78, 5) is 28.4. The maximum absolute atomic E-state index is 12.5. The second-order valence-electron chi connectivity index (χ2n) is 5.04. The summed E-state index contributed by atoms with van der Waals surface area (Å²) in [6.07, 6.45) is 1.66. The van der Waals surface area contributed by atoms with Crippen molar-refractivity contribution >= 4 is 40.2 Å². The molecular formula is C16H16IN3O3. The zero-order valence-corrected chi connectivity index (χ0v) is 15.1. The van der Waals surface area contributed by atoms with E-state index >= 15 is 0 Å². The molecule has 0 radical (unpaired) electrons. The summed E-state index contributed by atoms with van der Waals surface area (Å²) in [5.41, 5.74) is 1.76. The third-order valence-electron chi connectivity index (χ3n) is 3.34. The molecule has 1 heterocycles. The van der Waals surface area contributed by atoms with E-state index in [-0.39, 0.29) is 17.2 Å². The fraction of sp³-hybridized carbons (Fsp3) is 0.188. The summed E-state index contributed by atoms with van der Waals surface area (Å²) in [5, 5.41) is 15.0. The number of carbonyl (C=O) groups excluding carboxylic acids is 2. The summed E-state index contributed by atoms with van der Waals surface area (Å²) < 4.78 is 0.973. The first-order valence-corrected chi connectivity index (χ1v) is 7.90. The lowest BCUT2D eigenvalue weighted by Gasteiger charge is -2.12. The Morgan fingerprint density at radius 2 is 1.78 bits per heavy atom. The van der Waals surface area contributed by atoms with Gasteiger partial charge in [-0.1, -0.05) is 0 Å². The van der Waals surface area contributed by atoms with Gasteiger partial charge in [0, 0.05) is 22.4 Å². The number of aromatic nitrogens is 1. The van der Waals surface area contributed by atoms with Crippen molar-refractivity contribution in [2.45, 2.75) is 13.8 Å². The lowest BCUT2D eigenvalue weighted by molar-refractivity contribution is 0.0960. The topological polar surface area (TPSA) is 91.3 Å². The van der Waals surface area contributed by atoms with Crippen LogP contribution in [0.5, 0.6) is 5.75 Å². The lowest BCUT2D eigenvalue weighted by Crippen LogP contribution is -2.20. The first kappa shape index (κ1) is 17.2. The highest BCUT2D eigenvalue weighted by Crippen LogP contribution is 2.23. The van der Waals surface area contributed by atoms with Crippen molar-refractivity contribution in [1.82, 2.24) is 10.3 Å². The average Bonchev–Trinajstić information content (AvgIpc) is 2.49. The molecule has 0 saturated carbocycles. The predicted octanol–water partition coefficient (Wildman–Crippen LogP) is 2.62. The predicted molar refractivity (Wildman–Crippen MR) is 95.9 cm³/mol. The molecular weight excluding hydrogens is 409 g/mol. The molecule has 0 spiro atoms. The molecule has 0 unspecified atom stereocenters. The van der Waals surface area contributed by atoms with Crippen LogP contribution in [0.2, 0.25) is 0 Å². The minimum absolute atomic E-state index is 0.0514. The molecule has 3 N–H and O–H groups in total. The minimum Gasteiger partial charge on any atom is -0.507 e. The second kappa shape index (κ2) is 6.95. The Bertz CT molecular complexity index is 790. The number of hydrogen-bond acceptors (Lipinski definition) is 4. The number of nitrogens with one attached hydrogen (secondary N) is 2. The summed E-state index contributed by atoms with van der Waals surface area (Å²) in [6, 6.07) is 4.68. The summed E-state index contributed by atoms with van der Waals surface area (Å²) >= 11 is 2.14. The minimum atomic E-state index is -0.458. The molecule has 0 fully saturated rings. The van der Waals surface area contributed by atoms with Gasteiger partial charge in [-0.3, -0.25) is 9.59 Å². The third-order valence-corrected chi connectivity index (χ3v) is 3.93. The Morgan fingerprint density at radius 3 is 2.39 bits per heavy atom. The molecule has 120 valence electrons. The molecule has 0 aliphatic rings. The zero-order chi connectivity index (χ0) is 17.1. The van der Waals surface area contributed by atoms with E-state index in [0.29, 0.717) is 16.9 Å². The molecule has 0 bridgehead atoms. The van der Waals surface area contributed by atoms with Gasteiger partial charge in [-0.25, -0.2) is 4.98 Å². The van der Waals surface area contributed by atoms with Crippen molar-refractivity contribution in [3.8, 4) is 5.75 Å². The van der Waals surface area contributed by atoms with E-state index in [1.54, 1.807) is 13.1 Å². The van der Waals surface area contributed by atoms with Crippen LogP contribution >= 0.6 is 22.6 Å². The molecule has 0 atom stereocenters. The number of anilines is 1. The number of carbonyl (C=O) groups is 2. The lowest BCUT2D eigenvalue weighted by atomic mass is 10.0. The number of aryl methyl sites for hydroxylation is 2. The normalized spacial score (nSPS) is 10.3. The zero-order valence-electron chi connectivity index (χ0n) is 12.9. The van der Waals surface area contributed by atoms with E-state index < -0.39 is 5.91 Å². The molecule has 7 heteroatoms. The fourth-order valence-corrected chi connectivity index (χ4v) is 2.71. The molecule has 2 aromatic rings. The summed E-state index contributed by atoms with van der Waals surface area (Å²) in [7, 11) is 1.46. The van der Waals surface area contributed by atoms with Crippen molar-refractivity contribution in [2.75, 3.05) is 12.4 Å². The highest BCUT2D eigenvalue weighted by Gasteiger charge is 2.18. The van der Waals surface area contributed by atoms with Crippen LogP contribution in [-0.4, -0.2) is 29.0 Å². The maximum atomic E-state index is 12.5. The van der Waals surface area contributed by atoms with Gasteiger partial charge in [0.1, 0.15) is 11.6 Å². The number of rotatable bonds is 3. The fourth-order valence-electron chi connectivity index (χ4n) is 2.10. The van der Waals surface area contributed by atoms with Crippen LogP contribution in [0.25, 0.3) is 0 Å². The Kier molecular flexibility index (Phi) is 5.19. The van der Waals surface area contributed by atoms with Crippen LogP contribution in [0.4, 0.5) is 5.82 Å². The van der Waals surface area contributed by atoms with Gasteiger partial charge in [-0.05, 0) is 65.8 Å². The Labute approximate surface area is 147 Å². The smallest absolute Gasteiger partial charge is 0.257 e. The standard InChI is InChI=1S/C16H16IN3O3/c1-8-5-13(21)12(15(22)18-3)6-11(8)16(23)20-14-9(2)4-10(17)7-19-14/h4-7,21H,1-3H3,(H,18,22)(H,19,20,23). The van der Waals surface area contributed by atoms with Gasteiger partial charge in [0.2, 0.25) is 0 Å². The van der Waals surface area contributed by atoms with Crippen molar-refractivity contribution < 1.29 is 14.7 Å². The molecule has 0 aliphatic heterocycles. The van der Waals surface area contributed by atoms with E-state index in [9.17, 15) is 14.7 Å². The second-order valence-corrected chi connectivity index (χ2v) is 6.28. The molecule has 1 aromatic carbocycles. The van der Waals surface area contributed by atoms with Crippen LogP contribution < -0.4 is 10.6 Å². The van der Waals surface area contributed by atoms with Gasteiger partial charge in [0.25, 0.3) is 11.8 Å². The third kappa shape index (κ3) is 3.79. The number of aromatic hydroxyl groups is 1. The number of phenolic OH excluding ortho intramolecular Hbond substituents is 1. The van der Waals surface area contributed by atoms with Crippen molar-refractivity contribution in [1.29, 1.82) is 0 Å². The van der Waals surface area contributed by atoms with Gasteiger partial charge in [0.05, 0.1) is 5.56 Å². The van der Waals surface area contributed by atoms with Crippen molar-refractivity contribution in [3.05, 3.63) is 50.2 Å². The van der Waals surface area contributed by atoms with Gasteiger partial charge in [-0.15, -0.1) is 0 Å². The van der Waals surface area contributed by atoms with Crippen LogP contribution in [0.1, 0.15) is 31.8 Å². The van der Waals surface area contributed by atoms with Gasteiger partial charge in [0.15, 0.2) is 0 Å². The molecule has 1 aromatic heterocycles. The Morgan fingerprint density at radius 1 is 1.09 bits per heavy atom.